The Hall–Kier alpha value is -4.45. The predicted molar refractivity (Wildman–Crippen MR) is 117 cm³/mol. The van der Waals surface area contributed by atoms with Crippen LogP contribution in [0.25, 0.3) is 0 Å². The molecule has 160 valence electrons. The van der Waals surface area contributed by atoms with Gasteiger partial charge in [0.25, 0.3) is 5.91 Å². The molecule has 9 heteroatoms. The molecule has 9 nitrogen and oxygen atoms in total. The Bertz CT molecular complexity index is 1240. The summed E-state index contributed by atoms with van der Waals surface area (Å²) < 4.78 is 6.62. The maximum Gasteiger partial charge on any atom is 0.338 e. The zero-order valence-electron chi connectivity index (χ0n) is 17.5. The summed E-state index contributed by atoms with van der Waals surface area (Å²) in [6.07, 6.45) is 1.42. The lowest BCUT2D eigenvalue weighted by Crippen LogP contribution is -2.31. The summed E-state index contributed by atoms with van der Waals surface area (Å²) in [5.74, 6) is -0.221. The number of aromatic nitrogens is 3. The molecular formula is C23H20N6O3. The van der Waals surface area contributed by atoms with E-state index in [1.54, 1.807) is 67.1 Å². The van der Waals surface area contributed by atoms with Crippen molar-refractivity contribution in [3.05, 3.63) is 82.8 Å². The van der Waals surface area contributed by atoms with Crippen molar-refractivity contribution in [3.63, 3.8) is 0 Å². The fourth-order valence-corrected chi connectivity index (χ4v) is 3.54. The van der Waals surface area contributed by atoms with Gasteiger partial charge in [-0.05, 0) is 55.8 Å². The second-order valence-corrected chi connectivity index (χ2v) is 7.08. The Labute approximate surface area is 184 Å². The van der Waals surface area contributed by atoms with Crippen LogP contribution >= 0.6 is 0 Å². The van der Waals surface area contributed by atoms with Crippen molar-refractivity contribution in [2.45, 2.75) is 19.9 Å². The highest BCUT2D eigenvalue weighted by Crippen LogP contribution is 2.35. The molecule has 1 aliphatic heterocycles. The molecule has 2 N–H and O–H groups in total. The van der Waals surface area contributed by atoms with E-state index in [9.17, 15) is 9.59 Å². The smallest absolute Gasteiger partial charge is 0.338 e. The summed E-state index contributed by atoms with van der Waals surface area (Å²) in [7, 11) is 0. The second-order valence-electron chi connectivity index (χ2n) is 7.08. The van der Waals surface area contributed by atoms with Gasteiger partial charge in [0.15, 0.2) is 0 Å². The number of hydrogen-bond donors (Lipinski definition) is 2. The van der Waals surface area contributed by atoms with Gasteiger partial charge in [0, 0.05) is 11.4 Å². The van der Waals surface area contributed by atoms with Gasteiger partial charge in [0.05, 0.1) is 29.4 Å². The van der Waals surface area contributed by atoms with Crippen LogP contribution in [0.2, 0.25) is 0 Å². The summed E-state index contributed by atoms with van der Waals surface area (Å²) >= 11 is 0. The third kappa shape index (κ3) is 3.94. The van der Waals surface area contributed by atoms with Gasteiger partial charge in [-0.2, -0.15) is 15.3 Å². The Morgan fingerprint density at radius 3 is 2.56 bits per heavy atom. The van der Waals surface area contributed by atoms with Crippen molar-refractivity contribution in [2.75, 3.05) is 17.2 Å². The number of hydrogen-bond acceptors (Lipinski definition) is 7. The third-order valence-corrected chi connectivity index (χ3v) is 5.05. The van der Waals surface area contributed by atoms with Crippen LogP contribution in [-0.4, -0.2) is 33.2 Å². The molecule has 0 radical (unpaired) electrons. The lowest BCUT2D eigenvalue weighted by atomic mass is 9.94. The number of carbonyl (C=O) groups excluding carboxylic acids is 2. The van der Waals surface area contributed by atoms with Gasteiger partial charge in [-0.25, -0.2) is 9.48 Å². The van der Waals surface area contributed by atoms with Crippen molar-refractivity contribution in [1.29, 1.82) is 5.26 Å². The molecule has 0 unspecified atom stereocenters. The highest BCUT2D eigenvalue weighted by Gasteiger charge is 2.33. The first kappa shape index (κ1) is 20.8. The molecule has 0 aliphatic carbocycles. The van der Waals surface area contributed by atoms with Crippen LogP contribution in [0, 0.1) is 11.3 Å². The number of nitrogens with zero attached hydrogens (tertiary/aromatic N) is 4. The van der Waals surface area contributed by atoms with Crippen molar-refractivity contribution in [1.82, 2.24) is 14.8 Å². The number of rotatable bonds is 5. The number of allylic oxidation sites excluding steroid dienone is 1. The zero-order chi connectivity index (χ0) is 22.7. The molecule has 1 aliphatic rings. The first-order valence-electron chi connectivity index (χ1n) is 9.97. The van der Waals surface area contributed by atoms with E-state index in [2.05, 4.69) is 26.8 Å². The molecule has 0 saturated heterocycles. The van der Waals surface area contributed by atoms with E-state index in [-0.39, 0.29) is 5.91 Å². The van der Waals surface area contributed by atoms with E-state index in [4.69, 9.17) is 10.00 Å². The van der Waals surface area contributed by atoms with Gasteiger partial charge in [-0.1, -0.05) is 12.1 Å². The molecule has 32 heavy (non-hydrogen) atoms. The highest BCUT2D eigenvalue weighted by atomic mass is 16.5. The molecule has 1 atom stereocenters. The summed E-state index contributed by atoms with van der Waals surface area (Å²) in [6.45, 7) is 3.83. The average molecular weight is 428 g/mol. The van der Waals surface area contributed by atoms with Crippen LogP contribution in [0.1, 0.15) is 41.4 Å². The first-order chi connectivity index (χ1) is 15.5. The standard InChI is InChI=1S/C23H20N6O3/c1-3-32-22(31)17-8-10-18(11-9-17)28-21(30)19-14(2)27-23-25-13-26-29(23)20(19)16-6-4-15(12-24)5-7-16/h4-11,13,20H,3H2,1-2H3,(H,28,30)(H,25,26,27)/t20-/m1/s1. The maximum atomic E-state index is 13.3. The van der Waals surface area contributed by atoms with Crippen LogP contribution in [0.3, 0.4) is 0 Å². The lowest BCUT2D eigenvalue weighted by Gasteiger charge is -2.28. The van der Waals surface area contributed by atoms with E-state index in [0.717, 1.165) is 5.56 Å². The van der Waals surface area contributed by atoms with Crippen molar-refractivity contribution >= 4 is 23.5 Å². The fourth-order valence-electron chi connectivity index (χ4n) is 3.54. The van der Waals surface area contributed by atoms with E-state index >= 15 is 0 Å². The summed E-state index contributed by atoms with van der Waals surface area (Å²) in [4.78, 5) is 29.4. The third-order valence-electron chi connectivity index (χ3n) is 5.05. The lowest BCUT2D eigenvalue weighted by molar-refractivity contribution is -0.113. The fraction of sp³-hybridized carbons (Fsp3) is 0.174. The molecule has 0 spiro atoms. The van der Waals surface area contributed by atoms with Crippen LogP contribution in [0.15, 0.2) is 66.1 Å². The maximum absolute atomic E-state index is 13.3. The molecule has 2 aromatic carbocycles. The Morgan fingerprint density at radius 1 is 1.19 bits per heavy atom. The summed E-state index contributed by atoms with van der Waals surface area (Å²) in [6, 6.07) is 15.1. The number of ether oxygens (including phenoxy) is 1. The molecular weight excluding hydrogens is 408 g/mol. The van der Waals surface area contributed by atoms with Crippen LogP contribution in [0.5, 0.6) is 0 Å². The zero-order valence-corrected chi connectivity index (χ0v) is 17.5. The van der Waals surface area contributed by atoms with Crippen LogP contribution < -0.4 is 10.6 Å². The molecule has 2 heterocycles. The number of nitrogens with one attached hydrogen (secondary N) is 2. The molecule has 1 aromatic heterocycles. The number of anilines is 2. The first-order valence-corrected chi connectivity index (χ1v) is 9.97. The van der Waals surface area contributed by atoms with Gasteiger partial charge in [-0.15, -0.1) is 0 Å². The molecule has 0 saturated carbocycles. The SMILES string of the molecule is CCOC(=O)c1ccc(NC(=O)C2=C(C)Nc3ncnn3[C@@H]2c2ccc(C#N)cc2)cc1. The van der Waals surface area contributed by atoms with Gasteiger partial charge in [0.2, 0.25) is 5.95 Å². The van der Waals surface area contributed by atoms with Gasteiger partial charge in [-0.3, -0.25) is 4.79 Å². The largest absolute Gasteiger partial charge is 0.462 e. The number of carbonyl (C=O) groups is 2. The van der Waals surface area contributed by atoms with Crippen molar-refractivity contribution in [2.24, 2.45) is 0 Å². The van der Waals surface area contributed by atoms with Crippen molar-refractivity contribution < 1.29 is 14.3 Å². The predicted octanol–water partition coefficient (Wildman–Crippen LogP) is 3.25. The van der Waals surface area contributed by atoms with Crippen LogP contribution in [0.4, 0.5) is 11.6 Å². The van der Waals surface area contributed by atoms with E-state index < -0.39 is 12.0 Å². The van der Waals surface area contributed by atoms with Crippen molar-refractivity contribution in [3.8, 4) is 6.07 Å². The Kier molecular flexibility index (Phi) is 5.68. The minimum Gasteiger partial charge on any atom is -0.462 e. The second kappa shape index (κ2) is 8.73. The van der Waals surface area contributed by atoms with E-state index in [0.29, 0.717) is 40.6 Å². The van der Waals surface area contributed by atoms with Gasteiger partial charge in [0.1, 0.15) is 12.4 Å². The monoisotopic (exact) mass is 428 g/mol. The van der Waals surface area contributed by atoms with Crippen LogP contribution in [-0.2, 0) is 9.53 Å². The number of benzene rings is 2. The minimum absolute atomic E-state index is 0.290. The van der Waals surface area contributed by atoms with E-state index in [1.807, 2.05) is 0 Å². The minimum atomic E-state index is -0.528. The van der Waals surface area contributed by atoms with E-state index in [1.165, 1.54) is 6.33 Å². The highest BCUT2D eigenvalue weighted by molar-refractivity contribution is 6.06. The number of amides is 1. The topological polar surface area (TPSA) is 122 Å². The van der Waals surface area contributed by atoms with Gasteiger partial charge >= 0.3 is 5.97 Å². The van der Waals surface area contributed by atoms with Gasteiger partial charge < -0.3 is 15.4 Å². The number of fused-ring (bicyclic) bond motifs is 1. The molecule has 1 amide bonds. The quantitative estimate of drug-likeness (QED) is 0.598. The summed E-state index contributed by atoms with van der Waals surface area (Å²) in [5, 5.41) is 19.4. The Morgan fingerprint density at radius 2 is 1.91 bits per heavy atom. The molecule has 0 fully saturated rings. The number of nitriles is 1. The summed E-state index contributed by atoms with van der Waals surface area (Å²) in [5.41, 5.74) is 3.35. The molecule has 0 bridgehead atoms. The Balaban J connectivity index is 1.64. The number of esters is 1. The normalized spacial score (nSPS) is 14.7. The molecule has 3 aromatic rings. The average Bonchev–Trinajstić information content (AvgIpc) is 3.27. The molecule has 4 rings (SSSR count).